The second-order valence-corrected chi connectivity index (χ2v) is 5.86. The Morgan fingerprint density at radius 3 is 2.59 bits per heavy atom. The number of rotatable bonds is 10. The Morgan fingerprint density at radius 2 is 1.88 bits per heavy atom. The monoisotopic (exact) mass is 254 g/mol. The van der Waals surface area contributed by atoms with E-state index in [1.54, 1.807) is 11.3 Å². The van der Waals surface area contributed by atoms with Gasteiger partial charge in [0.1, 0.15) is 0 Å². The van der Waals surface area contributed by atoms with Gasteiger partial charge in [-0.1, -0.05) is 51.5 Å². The van der Waals surface area contributed by atoms with Crippen LogP contribution in [0.1, 0.15) is 63.2 Å². The summed E-state index contributed by atoms with van der Waals surface area (Å²) in [4.78, 5) is 1.40. The Balaban J connectivity index is 1.92. The topological polar surface area (TPSA) is 20.2 Å². The summed E-state index contributed by atoms with van der Waals surface area (Å²) in [5.74, 6) is 0. The number of hydrogen-bond acceptors (Lipinski definition) is 2. The fourth-order valence-electron chi connectivity index (χ4n) is 2.07. The van der Waals surface area contributed by atoms with Crippen molar-refractivity contribution in [2.24, 2.45) is 0 Å². The van der Waals surface area contributed by atoms with E-state index >= 15 is 0 Å². The van der Waals surface area contributed by atoms with Gasteiger partial charge in [-0.15, -0.1) is 11.3 Å². The van der Waals surface area contributed by atoms with Crippen molar-refractivity contribution in [3.05, 3.63) is 22.4 Å². The highest BCUT2D eigenvalue weighted by Gasteiger charge is 2.04. The fraction of sp³-hybridized carbons (Fsp3) is 0.733. The van der Waals surface area contributed by atoms with Crippen molar-refractivity contribution in [1.29, 1.82) is 0 Å². The lowest BCUT2D eigenvalue weighted by Crippen LogP contribution is -2.07. The molecule has 1 heterocycles. The second kappa shape index (κ2) is 9.67. The first-order valence-corrected chi connectivity index (χ1v) is 7.91. The van der Waals surface area contributed by atoms with Gasteiger partial charge in [-0.05, 0) is 30.7 Å². The highest BCUT2D eigenvalue weighted by molar-refractivity contribution is 7.09. The molecule has 0 bridgehead atoms. The molecule has 1 aromatic heterocycles. The maximum absolute atomic E-state index is 9.86. The van der Waals surface area contributed by atoms with Crippen LogP contribution in [0.4, 0.5) is 0 Å². The molecule has 0 saturated heterocycles. The number of unbranched alkanes of at least 4 members (excludes halogenated alkanes) is 5. The third-order valence-corrected chi connectivity index (χ3v) is 4.13. The van der Waals surface area contributed by atoms with Gasteiger partial charge in [-0.3, -0.25) is 0 Å². The largest absolute Gasteiger partial charge is 0.393 e. The Hall–Kier alpha value is -0.340. The van der Waals surface area contributed by atoms with Crippen molar-refractivity contribution in [1.82, 2.24) is 0 Å². The van der Waals surface area contributed by atoms with E-state index < -0.39 is 0 Å². The minimum atomic E-state index is -0.0942. The molecule has 98 valence electrons. The second-order valence-electron chi connectivity index (χ2n) is 4.83. The van der Waals surface area contributed by atoms with E-state index in [2.05, 4.69) is 24.4 Å². The van der Waals surface area contributed by atoms with Crippen LogP contribution in [0.5, 0.6) is 0 Å². The molecular formula is C15H26OS. The summed E-state index contributed by atoms with van der Waals surface area (Å²) >= 11 is 1.79. The van der Waals surface area contributed by atoms with Gasteiger partial charge >= 0.3 is 0 Å². The van der Waals surface area contributed by atoms with Crippen molar-refractivity contribution in [3.63, 3.8) is 0 Å². The van der Waals surface area contributed by atoms with Gasteiger partial charge in [0.15, 0.2) is 0 Å². The van der Waals surface area contributed by atoms with Crippen LogP contribution in [0, 0.1) is 0 Å². The van der Waals surface area contributed by atoms with Crippen molar-refractivity contribution in [3.8, 4) is 0 Å². The molecule has 0 aliphatic rings. The highest BCUT2D eigenvalue weighted by atomic mass is 32.1. The molecule has 0 radical (unpaired) electrons. The lowest BCUT2D eigenvalue weighted by Gasteiger charge is -2.09. The third-order valence-electron chi connectivity index (χ3n) is 3.19. The molecule has 17 heavy (non-hydrogen) atoms. The minimum absolute atomic E-state index is 0.0942. The van der Waals surface area contributed by atoms with Crippen molar-refractivity contribution >= 4 is 11.3 Å². The average molecular weight is 254 g/mol. The molecule has 1 nitrogen and oxygen atoms in total. The average Bonchev–Trinajstić information content (AvgIpc) is 2.84. The van der Waals surface area contributed by atoms with Crippen LogP contribution in [-0.4, -0.2) is 11.2 Å². The standard InChI is InChI=1S/C15H26OS/c1-2-3-4-5-6-7-9-14(16)11-12-15-10-8-13-17-15/h8,10,13-14,16H,2-7,9,11-12H2,1H3. The van der Waals surface area contributed by atoms with E-state index in [4.69, 9.17) is 0 Å². The van der Waals surface area contributed by atoms with Gasteiger partial charge < -0.3 is 5.11 Å². The van der Waals surface area contributed by atoms with Crippen LogP contribution >= 0.6 is 11.3 Å². The molecule has 0 aliphatic heterocycles. The van der Waals surface area contributed by atoms with Gasteiger partial charge in [0, 0.05) is 4.88 Å². The lowest BCUT2D eigenvalue weighted by atomic mass is 10.0. The van der Waals surface area contributed by atoms with Gasteiger partial charge in [0.2, 0.25) is 0 Å². The predicted octanol–water partition coefficient (Wildman–Crippen LogP) is 4.79. The first-order chi connectivity index (χ1) is 8.33. The molecule has 0 amide bonds. The minimum Gasteiger partial charge on any atom is -0.393 e. The quantitative estimate of drug-likeness (QED) is 0.595. The van der Waals surface area contributed by atoms with Gasteiger partial charge in [-0.2, -0.15) is 0 Å². The summed E-state index contributed by atoms with van der Waals surface area (Å²) in [5, 5.41) is 12.0. The fourth-order valence-corrected chi connectivity index (χ4v) is 2.79. The van der Waals surface area contributed by atoms with Gasteiger partial charge in [-0.25, -0.2) is 0 Å². The van der Waals surface area contributed by atoms with Crippen LogP contribution in [-0.2, 0) is 6.42 Å². The highest BCUT2D eigenvalue weighted by Crippen LogP contribution is 2.15. The molecule has 0 saturated carbocycles. The van der Waals surface area contributed by atoms with E-state index in [-0.39, 0.29) is 6.10 Å². The van der Waals surface area contributed by atoms with Crippen molar-refractivity contribution < 1.29 is 5.11 Å². The summed E-state index contributed by atoms with van der Waals surface area (Å²) in [7, 11) is 0. The predicted molar refractivity (Wildman–Crippen MR) is 76.6 cm³/mol. The Morgan fingerprint density at radius 1 is 1.12 bits per heavy atom. The maximum atomic E-state index is 9.86. The zero-order chi connectivity index (χ0) is 12.3. The SMILES string of the molecule is CCCCCCCCC(O)CCc1cccs1. The first-order valence-electron chi connectivity index (χ1n) is 7.03. The molecule has 2 heteroatoms. The molecule has 0 aromatic carbocycles. The number of thiophene rings is 1. The molecule has 0 fully saturated rings. The Bertz CT molecular complexity index is 256. The zero-order valence-electron chi connectivity index (χ0n) is 11.0. The summed E-state index contributed by atoms with van der Waals surface area (Å²) in [6.07, 6.45) is 10.7. The number of aliphatic hydroxyl groups excluding tert-OH is 1. The summed E-state index contributed by atoms with van der Waals surface area (Å²) in [6.45, 7) is 2.24. The molecule has 0 aliphatic carbocycles. The molecule has 1 rings (SSSR count). The van der Waals surface area contributed by atoms with Crippen molar-refractivity contribution in [2.45, 2.75) is 70.8 Å². The number of aliphatic hydroxyl groups is 1. The van der Waals surface area contributed by atoms with E-state index in [1.165, 1.54) is 43.4 Å². The summed E-state index contributed by atoms with van der Waals surface area (Å²) in [6, 6.07) is 4.24. The smallest absolute Gasteiger partial charge is 0.0543 e. The van der Waals surface area contributed by atoms with Crippen LogP contribution in [0.15, 0.2) is 17.5 Å². The van der Waals surface area contributed by atoms with Gasteiger partial charge in [0.05, 0.1) is 6.10 Å². The van der Waals surface area contributed by atoms with Crippen LogP contribution < -0.4 is 0 Å². The lowest BCUT2D eigenvalue weighted by molar-refractivity contribution is 0.151. The molecule has 1 aromatic rings. The summed E-state index contributed by atoms with van der Waals surface area (Å²) < 4.78 is 0. The molecule has 0 spiro atoms. The number of hydrogen-bond donors (Lipinski definition) is 1. The van der Waals surface area contributed by atoms with Crippen LogP contribution in [0.3, 0.4) is 0 Å². The molecule has 1 N–H and O–H groups in total. The van der Waals surface area contributed by atoms with E-state index in [9.17, 15) is 5.11 Å². The number of aryl methyl sites for hydroxylation is 1. The molecule has 1 atom stereocenters. The zero-order valence-corrected chi connectivity index (χ0v) is 11.8. The van der Waals surface area contributed by atoms with Crippen LogP contribution in [0.25, 0.3) is 0 Å². The van der Waals surface area contributed by atoms with E-state index in [0.717, 1.165) is 19.3 Å². The third kappa shape index (κ3) is 7.56. The maximum Gasteiger partial charge on any atom is 0.0543 e. The first kappa shape index (κ1) is 14.7. The molecular weight excluding hydrogens is 228 g/mol. The van der Waals surface area contributed by atoms with Crippen molar-refractivity contribution in [2.75, 3.05) is 0 Å². The van der Waals surface area contributed by atoms with E-state index in [0.29, 0.717) is 0 Å². The molecule has 1 unspecified atom stereocenters. The van der Waals surface area contributed by atoms with Crippen LogP contribution in [0.2, 0.25) is 0 Å². The van der Waals surface area contributed by atoms with E-state index in [1.807, 2.05) is 0 Å². The summed E-state index contributed by atoms with van der Waals surface area (Å²) in [5.41, 5.74) is 0. The normalized spacial score (nSPS) is 12.8. The Labute approximate surface area is 110 Å². The Kier molecular flexibility index (Phi) is 8.37. The van der Waals surface area contributed by atoms with Gasteiger partial charge in [0.25, 0.3) is 0 Å².